The van der Waals surface area contributed by atoms with E-state index in [1.54, 1.807) is 0 Å². The van der Waals surface area contributed by atoms with E-state index in [1.165, 1.54) is 0 Å². The molecule has 88 valence electrons. The number of rotatable bonds is 0. The first-order valence-corrected chi connectivity index (χ1v) is 4.81. The quantitative estimate of drug-likeness (QED) is 0.615. The molecule has 0 aromatic carbocycles. The van der Waals surface area contributed by atoms with Crippen LogP contribution in [0.2, 0.25) is 0 Å². The van der Waals surface area contributed by atoms with Crippen molar-refractivity contribution in [2.75, 3.05) is 20.1 Å². The Morgan fingerprint density at radius 2 is 1.60 bits per heavy atom. The molecule has 0 saturated carbocycles. The Morgan fingerprint density at radius 1 is 1.20 bits per heavy atom. The summed E-state index contributed by atoms with van der Waals surface area (Å²) in [6.07, 6.45) is -4.75. The third-order valence-corrected chi connectivity index (χ3v) is 2.89. The van der Waals surface area contributed by atoms with E-state index in [2.05, 4.69) is 0 Å². The van der Waals surface area contributed by atoms with Crippen LogP contribution in [0, 0.1) is 0 Å². The molecule has 2 atom stereocenters. The topological polar surface area (TPSA) is 23.6 Å². The lowest BCUT2D eigenvalue weighted by Crippen LogP contribution is -2.58. The van der Waals surface area contributed by atoms with Gasteiger partial charge in [-0.1, -0.05) is 0 Å². The first-order chi connectivity index (χ1) is 6.73. The van der Waals surface area contributed by atoms with E-state index >= 15 is 0 Å². The van der Waals surface area contributed by atoms with Crippen LogP contribution in [0.15, 0.2) is 0 Å². The molecular formula is C9H15F3N2O. The van der Waals surface area contributed by atoms with Crippen molar-refractivity contribution >= 4 is 5.91 Å². The fourth-order valence-corrected chi connectivity index (χ4v) is 1.75. The number of carbonyl (C=O) groups is 1. The molecule has 0 aromatic heterocycles. The van der Waals surface area contributed by atoms with Crippen molar-refractivity contribution in [2.45, 2.75) is 32.1 Å². The van der Waals surface area contributed by atoms with E-state index in [0.29, 0.717) is 0 Å². The number of amides is 1. The number of nitrogens with zero attached hydrogens (tertiary/aromatic N) is 2. The molecule has 1 rings (SSSR count). The van der Waals surface area contributed by atoms with Crippen molar-refractivity contribution in [1.29, 1.82) is 0 Å². The maximum Gasteiger partial charge on any atom is 0.471 e. The summed E-state index contributed by atoms with van der Waals surface area (Å²) in [6, 6.07) is -0.0832. The SMILES string of the molecule is CC1CN(C(=O)C(F)(F)F)CC(C)N1C. The van der Waals surface area contributed by atoms with Gasteiger partial charge in [0.15, 0.2) is 0 Å². The minimum Gasteiger partial charge on any atom is -0.332 e. The summed E-state index contributed by atoms with van der Waals surface area (Å²) in [5, 5.41) is 0. The lowest BCUT2D eigenvalue weighted by atomic mass is 10.1. The molecule has 1 saturated heterocycles. The van der Waals surface area contributed by atoms with Crippen LogP contribution in [0.3, 0.4) is 0 Å². The molecule has 1 heterocycles. The van der Waals surface area contributed by atoms with Crippen LogP contribution < -0.4 is 0 Å². The minimum atomic E-state index is -4.75. The molecule has 15 heavy (non-hydrogen) atoms. The molecule has 0 aromatic rings. The lowest BCUT2D eigenvalue weighted by molar-refractivity contribution is -0.188. The molecule has 3 nitrogen and oxygen atoms in total. The molecule has 1 aliphatic heterocycles. The van der Waals surface area contributed by atoms with Crippen LogP contribution in [0.25, 0.3) is 0 Å². The van der Waals surface area contributed by atoms with E-state index in [9.17, 15) is 18.0 Å². The number of halogens is 3. The highest BCUT2D eigenvalue weighted by atomic mass is 19.4. The van der Waals surface area contributed by atoms with Crippen molar-refractivity contribution in [1.82, 2.24) is 9.80 Å². The maximum atomic E-state index is 12.2. The maximum absolute atomic E-state index is 12.2. The van der Waals surface area contributed by atoms with Gasteiger partial charge in [0.1, 0.15) is 0 Å². The Hall–Kier alpha value is -0.780. The molecule has 1 aliphatic rings. The van der Waals surface area contributed by atoms with E-state index in [0.717, 1.165) is 4.90 Å². The fourth-order valence-electron chi connectivity index (χ4n) is 1.75. The predicted molar refractivity (Wildman–Crippen MR) is 49.3 cm³/mol. The largest absolute Gasteiger partial charge is 0.471 e. The van der Waals surface area contributed by atoms with Crippen LogP contribution in [-0.2, 0) is 4.79 Å². The van der Waals surface area contributed by atoms with Gasteiger partial charge in [-0.05, 0) is 20.9 Å². The van der Waals surface area contributed by atoms with Crippen molar-refractivity contribution in [3.8, 4) is 0 Å². The summed E-state index contributed by atoms with van der Waals surface area (Å²) in [6.45, 7) is 3.90. The molecule has 0 spiro atoms. The molecule has 1 fully saturated rings. The van der Waals surface area contributed by atoms with Crippen molar-refractivity contribution < 1.29 is 18.0 Å². The Labute approximate surface area is 86.8 Å². The Kier molecular flexibility index (Phi) is 3.28. The van der Waals surface area contributed by atoms with E-state index in [4.69, 9.17) is 0 Å². The number of hydrogen-bond donors (Lipinski definition) is 0. The van der Waals surface area contributed by atoms with Crippen molar-refractivity contribution in [3.63, 3.8) is 0 Å². The molecule has 0 bridgehead atoms. The average molecular weight is 224 g/mol. The van der Waals surface area contributed by atoms with Crippen molar-refractivity contribution in [2.24, 2.45) is 0 Å². The standard InChI is InChI=1S/C9H15F3N2O/c1-6-4-14(5-7(2)13(6)3)8(15)9(10,11)12/h6-7H,4-5H2,1-3H3. The van der Waals surface area contributed by atoms with E-state index in [-0.39, 0.29) is 25.2 Å². The molecule has 1 amide bonds. The Bertz CT molecular complexity index is 242. The highest BCUT2D eigenvalue weighted by Crippen LogP contribution is 2.22. The van der Waals surface area contributed by atoms with Gasteiger partial charge in [0.25, 0.3) is 0 Å². The van der Waals surface area contributed by atoms with Crippen LogP contribution in [0.4, 0.5) is 13.2 Å². The van der Waals surface area contributed by atoms with Gasteiger partial charge >= 0.3 is 12.1 Å². The smallest absolute Gasteiger partial charge is 0.332 e. The fraction of sp³-hybridized carbons (Fsp3) is 0.889. The van der Waals surface area contributed by atoms with Crippen LogP contribution >= 0.6 is 0 Å². The molecule has 0 N–H and O–H groups in total. The summed E-state index contributed by atoms with van der Waals surface area (Å²) < 4.78 is 36.5. The molecule has 0 aliphatic carbocycles. The average Bonchev–Trinajstić information content (AvgIpc) is 2.10. The number of likely N-dealkylation sites (N-methyl/N-ethyl adjacent to an activating group) is 1. The van der Waals surface area contributed by atoms with Crippen LogP contribution in [0.1, 0.15) is 13.8 Å². The zero-order chi connectivity index (χ0) is 11.8. The summed E-state index contributed by atoms with van der Waals surface area (Å²) in [5.74, 6) is -1.73. The minimum absolute atomic E-state index is 0.0416. The monoisotopic (exact) mass is 224 g/mol. The normalized spacial score (nSPS) is 29.3. The second kappa shape index (κ2) is 4.00. The predicted octanol–water partition coefficient (Wildman–Crippen LogP) is 1.10. The zero-order valence-corrected chi connectivity index (χ0v) is 9.01. The lowest BCUT2D eigenvalue weighted by Gasteiger charge is -2.42. The van der Waals surface area contributed by atoms with Crippen LogP contribution in [0.5, 0.6) is 0 Å². The number of piperazine rings is 1. The van der Waals surface area contributed by atoms with Gasteiger partial charge in [-0.2, -0.15) is 13.2 Å². The highest BCUT2D eigenvalue weighted by Gasteiger charge is 2.44. The molecular weight excluding hydrogens is 209 g/mol. The Morgan fingerprint density at radius 3 is 1.93 bits per heavy atom. The zero-order valence-electron chi connectivity index (χ0n) is 9.01. The van der Waals surface area contributed by atoms with Gasteiger partial charge in [0.05, 0.1) is 0 Å². The van der Waals surface area contributed by atoms with Crippen molar-refractivity contribution in [3.05, 3.63) is 0 Å². The third-order valence-electron chi connectivity index (χ3n) is 2.89. The second-order valence-electron chi connectivity index (χ2n) is 4.07. The number of carbonyl (C=O) groups excluding carboxylic acids is 1. The highest BCUT2D eigenvalue weighted by molar-refractivity contribution is 5.82. The first kappa shape index (κ1) is 12.3. The molecule has 6 heteroatoms. The second-order valence-corrected chi connectivity index (χ2v) is 4.07. The Balaban J connectivity index is 2.70. The van der Waals surface area contributed by atoms with Gasteiger partial charge in [-0.25, -0.2) is 0 Å². The molecule has 2 unspecified atom stereocenters. The van der Waals surface area contributed by atoms with E-state index < -0.39 is 12.1 Å². The summed E-state index contributed by atoms with van der Waals surface area (Å²) in [4.78, 5) is 13.9. The van der Waals surface area contributed by atoms with Gasteiger partial charge in [0.2, 0.25) is 0 Å². The van der Waals surface area contributed by atoms with Gasteiger partial charge in [0, 0.05) is 25.2 Å². The van der Waals surface area contributed by atoms with Gasteiger partial charge < -0.3 is 4.90 Å². The summed E-state index contributed by atoms with van der Waals surface area (Å²) >= 11 is 0. The molecule has 0 radical (unpaired) electrons. The first-order valence-electron chi connectivity index (χ1n) is 4.81. The number of alkyl halides is 3. The summed E-state index contributed by atoms with van der Waals surface area (Å²) in [7, 11) is 1.85. The van der Waals surface area contributed by atoms with Gasteiger partial charge in [-0.15, -0.1) is 0 Å². The van der Waals surface area contributed by atoms with Gasteiger partial charge in [-0.3, -0.25) is 9.69 Å². The number of hydrogen-bond acceptors (Lipinski definition) is 2. The summed E-state index contributed by atoms with van der Waals surface area (Å²) in [5.41, 5.74) is 0. The van der Waals surface area contributed by atoms with E-state index in [1.807, 2.05) is 25.8 Å². The van der Waals surface area contributed by atoms with Crippen LogP contribution in [-0.4, -0.2) is 54.1 Å². The third kappa shape index (κ3) is 2.62.